The summed E-state index contributed by atoms with van der Waals surface area (Å²) in [6, 6.07) is 1.68. The molecule has 0 aromatic carbocycles. The van der Waals surface area contributed by atoms with Crippen LogP contribution in [0, 0.1) is 0 Å². The molecule has 8 heteroatoms. The number of nitrogens with zero attached hydrogens (tertiary/aromatic N) is 3. The molecule has 5 nitrogen and oxygen atoms in total. The molecule has 0 aliphatic carbocycles. The molecular formula is C15H23Cl3N4O. The highest BCUT2D eigenvalue weighted by atomic mass is 35.5. The van der Waals surface area contributed by atoms with Crippen LogP contribution in [-0.4, -0.2) is 47.5 Å². The number of carbonyl (C=O) groups excluding carboxylic acids is 1. The second kappa shape index (κ2) is 8.38. The largest absolute Gasteiger partial charge is 0.352 e. The quantitative estimate of drug-likeness (QED) is 0.871. The molecule has 1 aromatic rings. The predicted octanol–water partition coefficient (Wildman–Crippen LogP) is 2.98. The van der Waals surface area contributed by atoms with Gasteiger partial charge in [0.15, 0.2) is 0 Å². The van der Waals surface area contributed by atoms with Gasteiger partial charge in [-0.3, -0.25) is 4.79 Å². The summed E-state index contributed by atoms with van der Waals surface area (Å²) in [5.74, 6) is 0.728. The van der Waals surface area contributed by atoms with Gasteiger partial charge in [-0.05, 0) is 19.4 Å². The van der Waals surface area contributed by atoms with E-state index in [9.17, 15) is 4.79 Å². The van der Waals surface area contributed by atoms with Crippen molar-refractivity contribution >= 4 is 47.3 Å². The minimum atomic E-state index is -0.785. The van der Waals surface area contributed by atoms with Gasteiger partial charge in [-0.2, -0.15) is 0 Å². The molecule has 2 rings (SSSR count). The summed E-state index contributed by atoms with van der Waals surface area (Å²) < 4.78 is 0. The number of hydrogen-bond acceptors (Lipinski definition) is 4. The lowest BCUT2D eigenvalue weighted by Crippen LogP contribution is -2.58. The van der Waals surface area contributed by atoms with E-state index in [-0.39, 0.29) is 18.3 Å². The average molecular weight is 382 g/mol. The molecule has 1 aromatic heterocycles. The van der Waals surface area contributed by atoms with E-state index < -0.39 is 5.54 Å². The normalized spacial score (nSPS) is 17.4. The van der Waals surface area contributed by atoms with Crippen LogP contribution in [-0.2, 0) is 4.79 Å². The first-order chi connectivity index (χ1) is 10.3. The fourth-order valence-corrected chi connectivity index (χ4v) is 3.25. The molecule has 0 radical (unpaired) electrons. The van der Waals surface area contributed by atoms with Crippen LogP contribution in [0.15, 0.2) is 12.3 Å². The monoisotopic (exact) mass is 380 g/mol. The minimum Gasteiger partial charge on any atom is -0.352 e. The number of carbonyl (C=O) groups is 1. The number of piperazine rings is 1. The number of halogens is 3. The number of anilines is 1. The molecule has 2 N–H and O–H groups in total. The number of hydrogen-bond donors (Lipinski definition) is 1. The molecule has 0 spiro atoms. The molecule has 1 amide bonds. The lowest BCUT2D eigenvalue weighted by molar-refractivity contribution is -0.137. The van der Waals surface area contributed by atoms with Gasteiger partial charge in [0.2, 0.25) is 5.91 Å². The summed E-state index contributed by atoms with van der Waals surface area (Å²) in [6.07, 6.45) is 3.16. The van der Waals surface area contributed by atoms with E-state index in [0.717, 1.165) is 6.42 Å². The molecule has 1 unspecified atom stereocenters. The Balaban J connectivity index is 0.00000264. The smallest absolute Gasteiger partial charge is 0.242 e. The van der Waals surface area contributed by atoms with Crippen LogP contribution < -0.4 is 10.6 Å². The van der Waals surface area contributed by atoms with Crippen molar-refractivity contribution in [3.05, 3.63) is 22.3 Å². The number of aromatic nitrogens is 1. The van der Waals surface area contributed by atoms with Gasteiger partial charge in [0.1, 0.15) is 5.82 Å². The van der Waals surface area contributed by atoms with Crippen LogP contribution in [0.25, 0.3) is 0 Å². The maximum Gasteiger partial charge on any atom is 0.242 e. The van der Waals surface area contributed by atoms with Gasteiger partial charge < -0.3 is 15.5 Å². The van der Waals surface area contributed by atoms with Crippen LogP contribution in [0.5, 0.6) is 0 Å². The van der Waals surface area contributed by atoms with Crippen molar-refractivity contribution in [1.29, 1.82) is 0 Å². The van der Waals surface area contributed by atoms with Crippen molar-refractivity contribution in [2.24, 2.45) is 5.73 Å². The molecule has 0 saturated carbocycles. The van der Waals surface area contributed by atoms with Crippen molar-refractivity contribution in [1.82, 2.24) is 9.88 Å². The van der Waals surface area contributed by atoms with Gasteiger partial charge in [-0.15, -0.1) is 12.4 Å². The van der Waals surface area contributed by atoms with E-state index in [1.165, 1.54) is 0 Å². The summed E-state index contributed by atoms with van der Waals surface area (Å²) in [5.41, 5.74) is 5.35. The third-order valence-electron chi connectivity index (χ3n) is 3.91. The standard InChI is InChI=1S/C15H22Cl2N4O.ClH/c1-3-4-15(2,18)14(22)21-7-5-20(6-8-21)13-12(17)9-11(16)10-19-13;/h9-10H,3-8,18H2,1-2H3;1H. The van der Waals surface area contributed by atoms with E-state index in [1.54, 1.807) is 12.3 Å². The van der Waals surface area contributed by atoms with Crippen molar-refractivity contribution < 1.29 is 4.79 Å². The fourth-order valence-electron chi connectivity index (χ4n) is 2.75. The lowest BCUT2D eigenvalue weighted by atomic mass is 9.95. The topological polar surface area (TPSA) is 62.5 Å². The molecule has 2 heterocycles. The molecule has 1 aliphatic heterocycles. The van der Waals surface area contributed by atoms with Crippen molar-refractivity contribution in [2.75, 3.05) is 31.1 Å². The Morgan fingerprint density at radius 1 is 1.35 bits per heavy atom. The van der Waals surface area contributed by atoms with Gasteiger partial charge in [-0.25, -0.2) is 4.98 Å². The summed E-state index contributed by atoms with van der Waals surface area (Å²) in [7, 11) is 0. The highest BCUT2D eigenvalue weighted by Gasteiger charge is 2.33. The number of amides is 1. The highest BCUT2D eigenvalue weighted by Crippen LogP contribution is 2.27. The molecular weight excluding hydrogens is 359 g/mol. The van der Waals surface area contributed by atoms with Crippen LogP contribution in [0.2, 0.25) is 10.0 Å². The van der Waals surface area contributed by atoms with E-state index in [0.29, 0.717) is 48.5 Å². The first kappa shape index (κ1) is 20.3. The molecule has 1 fully saturated rings. The van der Waals surface area contributed by atoms with Gasteiger partial charge in [0.05, 0.1) is 15.6 Å². The predicted molar refractivity (Wildman–Crippen MR) is 97.8 cm³/mol. The van der Waals surface area contributed by atoms with Gasteiger partial charge in [0, 0.05) is 32.4 Å². The van der Waals surface area contributed by atoms with E-state index >= 15 is 0 Å². The molecule has 1 atom stereocenters. The fraction of sp³-hybridized carbons (Fsp3) is 0.600. The van der Waals surface area contributed by atoms with Gasteiger partial charge >= 0.3 is 0 Å². The van der Waals surface area contributed by atoms with Crippen LogP contribution in [0.1, 0.15) is 26.7 Å². The first-order valence-corrected chi connectivity index (χ1v) is 8.25. The number of nitrogens with two attached hydrogens (primary N) is 1. The van der Waals surface area contributed by atoms with Crippen molar-refractivity contribution in [3.8, 4) is 0 Å². The van der Waals surface area contributed by atoms with Crippen LogP contribution in [0.4, 0.5) is 5.82 Å². The SMILES string of the molecule is CCCC(C)(N)C(=O)N1CCN(c2ncc(Cl)cc2Cl)CC1.Cl. The third-order valence-corrected chi connectivity index (χ3v) is 4.40. The molecule has 1 aliphatic rings. The average Bonchev–Trinajstić information content (AvgIpc) is 2.47. The zero-order chi connectivity index (χ0) is 16.3. The van der Waals surface area contributed by atoms with Crippen LogP contribution in [0.3, 0.4) is 0 Å². The molecule has 23 heavy (non-hydrogen) atoms. The maximum atomic E-state index is 12.5. The Hall–Kier alpha value is -0.750. The maximum absolute atomic E-state index is 12.5. The molecule has 0 bridgehead atoms. The van der Waals surface area contributed by atoms with E-state index in [2.05, 4.69) is 9.88 Å². The lowest BCUT2D eigenvalue weighted by Gasteiger charge is -2.39. The zero-order valence-electron chi connectivity index (χ0n) is 13.4. The van der Waals surface area contributed by atoms with Crippen molar-refractivity contribution in [3.63, 3.8) is 0 Å². The molecule has 1 saturated heterocycles. The second-order valence-corrected chi connectivity index (χ2v) is 6.75. The molecule has 130 valence electrons. The summed E-state index contributed by atoms with van der Waals surface area (Å²) >= 11 is 12.1. The van der Waals surface area contributed by atoms with Crippen LogP contribution >= 0.6 is 35.6 Å². The summed E-state index contributed by atoms with van der Waals surface area (Å²) in [6.45, 7) is 6.45. The zero-order valence-corrected chi connectivity index (χ0v) is 15.7. The first-order valence-electron chi connectivity index (χ1n) is 7.49. The third kappa shape index (κ3) is 4.86. The van der Waals surface area contributed by atoms with E-state index in [4.69, 9.17) is 28.9 Å². The Bertz CT molecular complexity index is 546. The number of pyridine rings is 1. The Morgan fingerprint density at radius 3 is 2.48 bits per heavy atom. The highest BCUT2D eigenvalue weighted by molar-refractivity contribution is 6.36. The minimum absolute atomic E-state index is 0. The number of rotatable bonds is 4. The van der Waals surface area contributed by atoms with E-state index in [1.807, 2.05) is 18.7 Å². The summed E-state index contributed by atoms with van der Waals surface area (Å²) in [4.78, 5) is 20.7. The second-order valence-electron chi connectivity index (χ2n) is 5.91. The summed E-state index contributed by atoms with van der Waals surface area (Å²) in [5, 5.41) is 1.04. The Kier molecular flexibility index (Phi) is 7.39. The Labute approximate surface area is 153 Å². The Morgan fingerprint density at radius 2 is 1.96 bits per heavy atom. The van der Waals surface area contributed by atoms with Gasteiger partial charge in [-0.1, -0.05) is 36.5 Å². The van der Waals surface area contributed by atoms with Gasteiger partial charge in [0.25, 0.3) is 0 Å². The van der Waals surface area contributed by atoms with Crippen molar-refractivity contribution in [2.45, 2.75) is 32.2 Å².